The Morgan fingerprint density at radius 1 is 1.62 bits per heavy atom. The third-order valence-corrected chi connectivity index (χ3v) is 1.66. The molecule has 0 fully saturated rings. The number of aromatic amines is 1. The molecule has 13 heavy (non-hydrogen) atoms. The van der Waals surface area contributed by atoms with Crippen LogP contribution in [0, 0.1) is 6.92 Å². The van der Waals surface area contributed by atoms with E-state index in [9.17, 15) is 0 Å². The van der Waals surface area contributed by atoms with Gasteiger partial charge in [-0.15, -0.1) is 0 Å². The lowest BCUT2D eigenvalue weighted by atomic mass is 10.2. The highest BCUT2D eigenvalue weighted by atomic mass is 14.9. The average molecular weight is 177 g/mol. The fraction of sp³-hybridized carbons (Fsp3) is 0.300. The molecule has 0 bridgehead atoms. The molecule has 0 amide bonds. The first-order chi connectivity index (χ1) is 6.27. The van der Waals surface area contributed by atoms with E-state index in [4.69, 9.17) is 0 Å². The number of aryl methyl sites for hydroxylation is 1. The van der Waals surface area contributed by atoms with E-state index in [-0.39, 0.29) is 0 Å². The van der Waals surface area contributed by atoms with Gasteiger partial charge in [0.2, 0.25) is 0 Å². The van der Waals surface area contributed by atoms with Crippen molar-refractivity contribution in [2.45, 2.75) is 13.8 Å². The smallest absolute Gasteiger partial charge is 0.103 e. The Kier molecular flexibility index (Phi) is 3.31. The van der Waals surface area contributed by atoms with E-state index in [0.717, 1.165) is 17.1 Å². The van der Waals surface area contributed by atoms with Crippen molar-refractivity contribution in [1.29, 1.82) is 0 Å². The van der Waals surface area contributed by atoms with Crippen LogP contribution in [0.5, 0.6) is 0 Å². The summed E-state index contributed by atoms with van der Waals surface area (Å²) in [7, 11) is 1.88. The van der Waals surface area contributed by atoms with Crippen LogP contribution in [0.25, 0.3) is 5.57 Å². The molecule has 0 aliphatic heterocycles. The van der Waals surface area contributed by atoms with Crippen LogP contribution in [0.2, 0.25) is 0 Å². The van der Waals surface area contributed by atoms with Crippen LogP contribution in [-0.4, -0.2) is 17.0 Å². The number of imidazole rings is 1. The van der Waals surface area contributed by atoms with Gasteiger partial charge in [0.1, 0.15) is 5.82 Å². The van der Waals surface area contributed by atoms with Gasteiger partial charge in [0, 0.05) is 18.8 Å². The van der Waals surface area contributed by atoms with E-state index < -0.39 is 0 Å². The number of rotatable bonds is 3. The van der Waals surface area contributed by atoms with Gasteiger partial charge in [0.05, 0.1) is 11.9 Å². The van der Waals surface area contributed by atoms with Gasteiger partial charge in [-0.3, -0.25) is 0 Å². The SMILES string of the molecule is C/C=C\C(=C/NC)c1cnc(C)[nH]1. The van der Waals surface area contributed by atoms with Crippen LogP contribution < -0.4 is 5.32 Å². The Morgan fingerprint density at radius 2 is 2.38 bits per heavy atom. The minimum atomic E-state index is 0.932. The summed E-state index contributed by atoms with van der Waals surface area (Å²) in [5.41, 5.74) is 2.13. The quantitative estimate of drug-likeness (QED) is 0.692. The van der Waals surface area contributed by atoms with Crippen LogP contribution in [0.1, 0.15) is 18.4 Å². The van der Waals surface area contributed by atoms with Crippen LogP contribution in [-0.2, 0) is 0 Å². The van der Waals surface area contributed by atoms with Crippen LogP contribution in [0.15, 0.2) is 24.5 Å². The minimum absolute atomic E-state index is 0.932. The molecule has 1 aromatic heterocycles. The van der Waals surface area contributed by atoms with Crippen molar-refractivity contribution in [2.75, 3.05) is 7.05 Å². The largest absolute Gasteiger partial charge is 0.393 e. The van der Waals surface area contributed by atoms with E-state index >= 15 is 0 Å². The van der Waals surface area contributed by atoms with Crippen molar-refractivity contribution in [3.63, 3.8) is 0 Å². The second-order valence-corrected chi connectivity index (χ2v) is 2.77. The highest BCUT2D eigenvalue weighted by molar-refractivity contribution is 5.70. The highest BCUT2D eigenvalue weighted by Crippen LogP contribution is 2.12. The average Bonchev–Trinajstić information content (AvgIpc) is 2.51. The van der Waals surface area contributed by atoms with E-state index in [2.05, 4.69) is 15.3 Å². The Morgan fingerprint density at radius 3 is 2.85 bits per heavy atom. The normalized spacial score (nSPS) is 12.4. The molecule has 0 saturated carbocycles. The van der Waals surface area contributed by atoms with Crippen molar-refractivity contribution in [2.24, 2.45) is 0 Å². The van der Waals surface area contributed by atoms with Gasteiger partial charge in [0.25, 0.3) is 0 Å². The van der Waals surface area contributed by atoms with Crippen molar-refractivity contribution < 1.29 is 0 Å². The van der Waals surface area contributed by atoms with Gasteiger partial charge < -0.3 is 10.3 Å². The maximum atomic E-state index is 4.14. The standard InChI is InChI=1S/C10H15N3/c1-4-5-9(6-11-3)10-7-12-8(2)13-10/h4-7,11H,1-3H3,(H,12,13)/b5-4-,9-6+. The lowest BCUT2D eigenvalue weighted by Crippen LogP contribution is -1.95. The molecule has 3 heteroatoms. The predicted octanol–water partition coefficient (Wildman–Crippen LogP) is 1.85. The summed E-state index contributed by atoms with van der Waals surface area (Å²) >= 11 is 0. The zero-order valence-corrected chi connectivity index (χ0v) is 8.26. The molecule has 70 valence electrons. The van der Waals surface area contributed by atoms with Crippen molar-refractivity contribution in [1.82, 2.24) is 15.3 Å². The van der Waals surface area contributed by atoms with Gasteiger partial charge in [-0.1, -0.05) is 12.2 Å². The maximum Gasteiger partial charge on any atom is 0.103 e. The van der Waals surface area contributed by atoms with E-state index in [1.54, 1.807) is 0 Å². The summed E-state index contributed by atoms with van der Waals surface area (Å²) in [4.78, 5) is 7.32. The molecule has 1 aromatic rings. The molecule has 2 N–H and O–H groups in total. The fourth-order valence-corrected chi connectivity index (χ4v) is 1.12. The first-order valence-electron chi connectivity index (χ1n) is 4.30. The third kappa shape index (κ3) is 2.47. The summed E-state index contributed by atoms with van der Waals surface area (Å²) in [5.74, 6) is 0.932. The summed E-state index contributed by atoms with van der Waals surface area (Å²) in [6.07, 6.45) is 7.80. The first-order valence-corrected chi connectivity index (χ1v) is 4.30. The summed E-state index contributed by atoms with van der Waals surface area (Å²) in [6, 6.07) is 0. The molecular weight excluding hydrogens is 162 g/mol. The fourth-order valence-electron chi connectivity index (χ4n) is 1.12. The van der Waals surface area contributed by atoms with E-state index in [1.165, 1.54) is 0 Å². The van der Waals surface area contributed by atoms with Gasteiger partial charge in [-0.05, 0) is 13.8 Å². The molecule has 0 unspecified atom stereocenters. The second kappa shape index (κ2) is 4.50. The number of H-pyrrole nitrogens is 1. The Balaban J connectivity index is 2.95. The molecule has 0 atom stereocenters. The number of nitrogens with one attached hydrogen (secondary N) is 2. The first kappa shape index (κ1) is 9.58. The van der Waals surface area contributed by atoms with E-state index in [1.807, 2.05) is 45.4 Å². The van der Waals surface area contributed by atoms with Crippen molar-refractivity contribution in [3.05, 3.63) is 36.1 Å². The molecular formula is C10H15N3. The van der Waals surface area contributed by atoms with Gasteiger partial charge in [-0.2, -0.15) is 0 Å². The van der Waals surface area contributed by atoms with Crippen LogP contribution in [0.3, 0.4) is 0 Å². The Labute approximate surface area is 78.6 Å². The van der Waals surface area contributed by atoms with Crippen molar-refractivity contribution in [3.8, 4) is 0 Å². The summed E-state index contributed by atoms with van der Waals surface area (Å²) in [6.45, 7) is 3.93. The monoisotopic (exact) mass is 177 g/mol. The summed E-state index contributed by atoms with van der Waals surface area (Å²) in [5, 5.41) is 3.00. The number of hydrogen-bond donors (Lipinski definition) is 2. The van der Waals surface area contributed by atoms with Gasteiger partial charge >= 0.3 is 0 Å². The highest BCUT2D eigenvalue weighted by Gasteiger charge is 1.99. The molecule has 0 saturated heterocycles. The molecule has 0 aliphatic carbocycles. The molecule has 0 aromatic carbocycles. The Bertz CT molecular complexity index is 321. The lowest BCUT2D eigenvalue weighted by Gasteiger charge is -1.97. The second-order valence-electron chi connectivity index (χ2n) is 2.77. The summed E-state index contributed by atoms with van der Waals surface area (Å²) < 4.78 is 0. The maximum absolute atomic E-state index is 4.14. The molecule has 0 radical (unpaired) electrons. The minimum Gasteiger partial charge on any atom is -0.393 e. The molecule has 1 heterocycles. The topological polar surface area (TPSA) is 40.7 Å². The Hall–Kier alpha value is -1.51. The molecule has 1 rings (SSSR count). The van der Waals surface area contributed by atoms with Gasteiger partial charge in [0.15, 0.2) is 0 Å². The van der Waals surface area contributed by atoms with Crippen LogP contribution in [0.4, 0.5) is 0 Å². The molecule has 0 aliphatic rings. The van der Waals surface area contributed by atoms with E-state index in [0.29, 0.717) is 0 Å². The van der Waals surface area contributed by atoms with Crippen LogP contribution >= 0.6 is 0 Å². The van der Waals surface area contributed by atoms with Gasteiger partial charge in [-0.25, -0.2) is 4.98 Å². The zero-order valence-electron chi connectivity index (χ0n) is 8.26. The number of nitrogens with zero attached hydrogens (tertiary/aromatic N) is 1. The lowest BCUT2D eigenvalue weighted by molar-refractivity contribution is 1.10. The predicted molar refractivity (Wildman–Crippen MR) is 55.2 cm³/mol. The molecule has 3 nitrogen and oxygen atoms in total. The van der Waals surface area contributed by atoms with Crippen molar-refractivity contribution >= 4 is 5.57 Å². The third-order valence-electron chi connectivity index (χ3n) is 1.66. The molecule has 0 spiro atoms. The zero-order chi connectivity index (χ0) is 9.68. The number of hydrogen-bond acceptors (Lipinski definition) is 2. The number of allylic oxidation sites excluding steroid dienone is 3. The number of aromatic nitrogens is 2.